The smallest absolute Gasteiger partial charge is 0.241 e. The molecule has 0 spiro atoms. The van der Waals surface area contributed by atoms with Gasteiger partial charge in [-0.1, -0.05) is 27.7 Å². The van der Waals surface area contributed by atoms with Crippen LogP contribution in [0.5, 0.6) is 0 Å². The van der Waals surface area contributed by atoms with Crippen LogP contribution in [0.25, 0.3) is 0 Å². The molecule has 0 saturated carbocycles. The minimum atomic E-state index is -0.0287. The molecule has 0 bridgehead atoms. The molecule has 4 nitrogen and oxygen atoms in total. The third kappa shape index (κ3) is 3.42. The third-order valence-electron chi connectivity index (χ3n) is 5.27. The van der Waals surface area contributed by atoms with Gasteiger partial charge in [0.25, 0.3) is 0 Å². The number of carbonyl (C=O) groups excluding carboxylic acids is 1. The summed E-state index contributed by atoms with van der Waals surface area (Å²) in [6.07, 6.45) is 5.07. The standard InChI is InChI=1S/C17H32N2O2/c1-6-17(7-2)11-14(8-9-21-17)19-13(5)18-15(16(19)20)10-12(3)4/h12-15,18H,6-11H2,1-5H3. The van der Waals surface area contributed by atoms with E-state index in [4.69, 9.17) is 4.74 Å². The molecule has 2 fully saturated rings. The van der Waals surface area contributed by atoms with Crippen LogP contribution in [-0.4, -0.2) is 41.3 Å². The predicted molar refractivity (Wildman–Crippen MR) is 85.0 cm³/mol. The van der Waals surface area contributed by atoms with Crippen molar-refractivity contribution in [2.24, 2.45) is 5.92 Å². The van der Waals surface area contributed by atoms with Gasteiger partial charge in [0.05, 0.1) is 17.8 Å². The first kappa shape index (κ1) is 16.8. The molecule has 0 radical (unpaired) electrons. The zero-order chi connectivity index (χ0) is 15.6. The van der Waals surface area contributed by atoms with Crippen molar-refractivity contribution in [3.8, 4) is 0 Å². The van der Waals surface area contributed by atoms with Crippen LogP contribution in [0, 0.1) is 5.92 Å². The molecule has 0 aromatic heterocycles. The Morgan fingerprint density at radius 1 is 1.38 bits per heavy atom. The van der Waals surface area contributed by atoms with E-state index >= 15 is 0 Å². The maximum Gasteiger partial charge on any atom is 0.241 e. The monoisotopic (exact) mass is 296 g/mol. The van der Waals surface area contributed by atoms with Crippen LogP contribution < -0.4 is 5.32 Å². The second-order valence-electron chi connectivity index (χ2n) is 7.16. The first-order valence-electron chi connectivity index (χ1n) is 8.64. The Morgan fingerprint density at radius 3 is 2.62 bits per heavy atom. The van der Waals surface area contributed by atoms with E-state index in [1.807, 2.05) is 0 Å². The van der Waals surface area contributed by atoms with Crippen LogP contribution in [-0.2, 0) is 9.53 Å². The highest BCUT2D eigenvalue weighted by Gasteiger charge is 2.44. The molecule has 0 aromatic carbocycles. The van der Waals surface area contributed by atoms with E-state index in [-0.39, 0.29) is 17.8 Å². The summed E-state index contributed by atoms with van der Waals surface area (Å²) in [5.41, 5.74) is -0.0287. The van der Waals surface area contributed by atoms with Crippen molar-refractivity contribution in [1.82, 2.24) is 10.2 Å². The molecule has 3 unspecified atom stereocenters. The van der Waals surface area contributed by atoms with E-state index in [1.165, 1.54) is 0 Å². The van der Waals surface area contributed by atoms with E-state index in [9.17, 15) is 4.79 Å². The number of rotatable bonds is 5. The molecular weight excluding hydrogens is 264 g/mol. The molecule has 2 rings (SSSR count). The minimum absolute atomic E-state index is 0.000461. The number of nitrogens with one attached hydrogen (secondary N) is 1. The molecule has 0 aromatic rings. The van der Waals surface area contributed by atoms with Crippen molar-refractivity contribution in [3.63, 3.8) is 0 Å². The van der Waals surface area contributed by atoms with E-state index in [2.05, 4.69) is 44.8 Å². The average molecular weight is 296 g/mol. The zero-order valence-corrected chi connectivity index (χ0v) is 14.3. The lowest BCUT2D eigenvalue weighted by Crippen LogP contribution is -2.51. The number of hydrogen-bond acceptors (Lipinski definition) is 3. The summed E-state index contributed by atoms with van der Waals surface area (Å²) in [7, 11) is 0. The Balaban J connectivity index is 2.08. The summed E-state index contributed by atoms with van der Waals surface area (Å²) in [5, 5.41) is 3.48. The second-order valence-corrected chi connectivity index (χ2v) is 7.16. The molecule has 21 heavy (non-hydrogen) atoms. The fraction of sp³-hybridized carbons (Fsp3) is 0.941. The maximum atomic E-state index is 12.8. The number of hydrogen-bond donors (Lipinski definition) is 1. The molecule has 2 aliphatic rings. The molecule has 4 heteroatoms. The molecule has 122 valence electrons. The van der Waals surface area contributed by atoms with Gasteiger partial charge in [0.1, 0.15) is 0 Å². The lowest BCUT2D eigenvalue weighted by molar-refractivity contribution is -0.143. The van der Waals surface area contributed by atoms with Crippen LogP contribution in [0.2, 0.25) is 0 Å². The molecule has 3 atom stereocenters. The van der Waals surface area contributed by atoms with Crippen molar-refractivity contribution in [1.29, 1.82) is 0 Å². The van der Waals surface area contributed by atoms with Gasteiger partial charge in [-0.15, -0.1) is 0 Å². The zero-order valence-electron chi connectivity index (χ0n) is 14.3. The largest absolute Gasteiger partial charge is 0.375 e. The molecule has 0 aliphatic carbocycles. The van der Waals surface area contributed by atoms with Crippen molar-refractivity contribution < 1.29 is 9.53 Å². The SMILES string of the molecule is CCC1(CC)CC(N2C(=O)C(CC(C)C)NC2C)CCO1. The van der Waals surface area contributed by atoms with E-state index in [0.29, 0.717) is 17.9 Å². The van der Waals surface area contributed by atoms with Crippen molar-refractivity contribution in [2.75, 3.05) is 6.61 Å². The third-order valence-corrected chi connectivity index (χ3v) is 5.27. The molecule has 2 aliphatic heterocycles. The average Bonchev–Trinajstić information content (AvgIpc) is 2.72. The highest BCUT2D eigenvalue weighted by atomic mass is 16.5. The number of carbonyl (C=O) groups is 1. The van der Waals surface area contributed by atoms with Crippen molar-refractivity contribution >= 4 is 5.91 Å². The molecule has 2 heterocycles. The van der Waals surface area contributed by atoms with Gasteiger partial charge in [-0.25, -0.2) is 0 Å². The lowest BCUT2D eigenvalue weighted by Gasteiger charge is -2.44. The van der Waals surface area contributed by atoms with Crippen LogP contribution in [0.1, 0.15) is 66.7 Å². The van der Waals surface area contributed by atoms with E-state index < -0.39 is 0 Å². The van der Waals surface area contributed by atoms with Gasteiger partial charge in [0.15, 0.2) is 0 Å². The van der Waals surface area contributed by atoms with Crippen LogP contribution in [0.4, 0.5) is 0 Å². The van der Waals surface area contributed by atoms with Gasteiger partial charge in [0.2, 0.25) is 5.91 Å². The van der Waals surface area contributed by atoms with Gasteiger partial charge in [-0.2, -0.15) is 0 Å². The van der Waals surface area contributed by atoms with E-state index in [1.54, 1.807) is 0 Å². The van der Waals surface area contributed by atoms with E-state index in [0.717, 1.165) is 38.7 Å². The van der Waals surface area contributed by atoms with Crippen LogP contribution in [0.15, 0.2) is 0 Å². The first-order valence-corrected chi connectivity index (χ1v) is 8.64. The topological polar surface area (TPSA) is 41.6 Å². The summed E-state index contributed by atoms with van der Waals surface area (Å²) < 4.78 is 6.06. The molecule has 1 N–H and O–H groups in total. The molecule has 1 amide bonds. The fourth-order valence-electron chi connectivity index (χ4n) is 3.93. The first-order chi connectivity index (χ1) is 9.92. The Morgan fingerprint density at radius 2 is 2.05 bits per heavy atom. The lowest BCUT2D eigenvalue weighted by atomic mass is 9.85. The summed E-state index contributed by atoms with van der Waals surface area (Å²) in [5.74, 6) is 0.836. The van der Waals surface area contributed by atoms with Gasteiger partial charge < -0.3 is 9.64 Å². The van der Waals surface area contributed by atoms with Crippen molar-refractivity contribution in [2.45, 2.75) is 90.6 Å². The highest BCUT2D eigenvalue weighted by molar-refractivity contribution is 5.84. The van der Waals surface area contributed by atoms with Gasteiger partial charge in [-0.05, 0) is 44.9 Å². The summed E-state index contributed by atoms with van der Waals surface area (Å²) in [4.78, 5) is 14.9. The van der Waals surface area contributed by atoms with Crippen LogP contribution >= 0.6 is 0 Å². The molecule has 2 saturated heterocycles. The fourth-order valence-corrected chi connectivity index (χ4v) is 3.93. The normalized spacial score (nSPS) is 33.0. The quantitative estimate of drug-likeness (QED) is 0.848. The predicted octanol–water partition coefficient (Wildman–Crippen LogP) is 2.92. The number of amides is 1. The minimum Gasteiger partial charge on any atom is -0.375 e. The Bertz CT molecular complexity index is 366. The van der Waals surface area contributed by atoms with Gasteiger partial charge in [0, 0.05) is 12.6 Å². The second kappa shape index (κ2) is 6.66. The van der Waals surface area contributed by atoms with Gasteiger partial charge >= 0.3 is 0 Å². The number of ether oxygens (including phenoxy) is 1. The summed E-state index contributed by atoms with van der Waals surface area (Å²) in [6.45, 7) is 11.6. The summed E-state index contributed by atoms with van der Waals surface area (Å²) >= 11 is 0. The summed E-state index contributed by atoms with van der Waals surface area (Å²) in [6, 6.07) is 0.325. The Kier molecular flexibility index (Phi) is 5.31. The Labute approximate surface area is 129 Å². The molecular formula is C17H32N2O2. The number of nitrogens with zero attached hydrogens (tertiary/aromatic N) is 1. The van der Waals surface area contributed by atoms with Gasteiger partial charge in [-0.3, -0.25) is 10.1 Å². The van der Waals surface area contributed by atoms with Crippen molar-refractivity contribution in [3.05, 3.63) is 0 Å². The maximum absolute atomic E-state index is 12.8. The van der Waals surface area contributed by atoms with Crippen LogP contribution in [0.3, 0.4) is 0 Å². The highest BCUT2D eigenvalue weighted by Crippen LogP contribution is 2.35. The Hall–Kier alpha value is -0.610.